The van der Waals surface area contributed by atoms with Crippen LogP contribution in [0.4, 0.5) is 0 Å². The van der Waals surface area contributed by atoms with E-state index in [1.54, 1.807) is 6.20 Å². The molecule has 1 aliphatic rings. The predicted molar refractivity (Wildman–Crippen MR) is 92.9 cm³/mol. The summed E-state index contributed by atoms with van der Waals surface area (Å²) >= 11 is 0. The smallest absolute Gasteiger partial charge is 0.267 e. The Kier molecular flexibility index (Phi) is 4.24. The van der Waals surface area contributed by atoms with Crippen LogP contribution in [0.3, 0.4) is 0 Å². The van der Waals surface area contributed by atoms with Crippen LogP contribution in [0.25, 0.3) is 11.5 Å². The minimum Gasteiger partial charge on any atom is -0.339 e. The van der Waals surface area contributed by atoms with Crippen LogP contribution in [0, 0.1) is 6.92 Å². The van der Waals surface area contributed by atoms with Crippen LogP contribution in [0.5, 0.6) is 0 Å². The van der Waals surface area contributed by atoms with Crippen molar-refractivity contribution in [2.45, 2.75) is 45.4 Å². The molecule has 0 fully saturated rings. The van der Waals surface area contributed by atoms with Crippen molar-refractivity contribution in [2.75, 3.05) is 0 Å². The van der Waals surface area contributed by atoms with Crippen LogP contribution in [-0.2, 0) is 19.3 Å². The van der Waals surface area contributed by atoms with Gasteiger partial charge in [0.1, 0.15) is 5.69 Å². The molecule has 0 radical (unpaired) electrons. The third kappa shape index (κ3) is 3.10. The highest BCUT2D eigenvalue weighted by Gasteiger charge is 2.22. The summed E-state index contributed by atoms with van der Waals surface area (Å²) in [5, 5.41) is 6.58. The summed E-state index contributed by atoms with van der Waals surface area (Å²) in [4.78, 5) is 33.0. The van der Waals surface area contributed by atoms with E-state index in [1.807, 2.05) is 19.1 Å². The first kappa shape index (κ1) is 16.4. The molecule has 0 saturated heterocycles. The topological polar surface area (TPSA) is 107 Å². The van der Waals surface area contributed by atoms with Crippen molar-refractivity contribution in [1.82, 2.24) is 24.9 Å². The van der Waals surface area contributed by atoms with E-state index < -0.39 is 0 Å². The Morgan fingerprint density at radius 1 is 1.31 bits per heavy atom. The van der Waals surface area contributed by atoms with Crippen molar-refractivity contribution in [2.24, 2.45) is 0 Å². The summed E-state index contributed by atoms with van der Waals surface area (Å²) in [5.41, 5.74) is 3.09. The van der Waals surface area contributed by atoms with E-state index in [4.69, 9.17) is 4.52 Å². The van der Waals surface area contributed by atoms with Gasteiger partial charge in [-0.05, 0) is 44.2 Å². The molecule has 3 aromatic rings. The van der Waals surface area contributed by atoms with Crippen LogP contribution < -0.4 is 5.56 Å². The third-order valence-electron chi connectivity index (χ3n) is 4.61. The molecule has 1 N–H and O–H groups in total. The monoisotopic (exact) mass is 353 g/mol. The number of rotatable bonds is 4. The Morgan fingerprint density at radius 2 is 2.15 bits per heavy atom. The highest BCUT2D eigenvalue weighted by molar-refractivity contribution is 5.79. The second-order valence-corrected chi connectivity index (χ2v) is 6.53. The average molecular weight is 353 g/mol. The normalized spacial score (nSPS) is 13.6. The number of carbonyl (C=O) groups excluding carboxylic acids is 1. The fourth-order valence-electron chi connectivity index (χ4n) is 3.22. The molecule has 3 heterocycles. The first-order valence-electron chi connectivity index (χ1n) is 8.73. The van der Waals surface area contributed by atoms with Gasteiger partial charge >= 0.3 is 0 Å². The Labute approximate surface area is 149 Å². The Hall–Kier alpha value is -3.03. The molecular formula is C18H19N5O3. The van der Waals surface area contributed by atoms with E-state index in [1.165, 1.54) is 4.68 Å². The summed E-state index contributed by atoms with van der Waals surface area (Å²) in [6, 6.07) is 3.75. The number of nitrogens with zero attached hydrogens (tertiary/aromatic N) is 4. The van der Waals surface area contributed by atoms with Gasteiger partial charge in [0.05, 0.1) is 5.69 Å². The van der Waals surface area contributed by atoms with Crippen molar-refractivity contribution in [3.05, 3.63) is 51.4 Å². The highest BCUT2D eigenvalue weighted by atomic mass is 16.5. The molecule has 4 rings (SSSR count). The van der Waals surface area contributed by atoms with Gasteiger partial charge in [-0.15, -0.1) is 0 Å². The lowest BCUT2D eigenvalue weighted by Crippen LogP contribution is -2.18. The van der Waals surface area contributed by atoms with Gasteiger partial charge in [-0.1, -0.05) is 11.2 Å². The Balaban J connectivity index is 1.46. The molecule has 8 heteroatoms. The number of pyridine rings is 1. The molecule has 26 heavy (non-hydrogen) atoms. The van der Waals surface area contributed by atoms with Gasteiger partial charge in [0, 0.05) is 24.6 Å². The first-order valence-corrected chi connectivity index (χ1v) is 8.73. The second-order valence-electron chi connectivity index (χ2n) is 6.53. The van der Waals surface area contributed by atoms with Gasteiger partial charge in [-0.25, -0.2) is 4.68 Å². The second kappa shape index (κ2) is 6.70. The van der Waals surface area contributed by atoms with E-state index in [9.17, 15) is 9.59 Å². The quantitative estimate of drug-likeness (QED) is 0.769. The fourth-order valence-corrected chi connectivity index (χ4v) is 3.22. The van der Waals surface area contributed by atoms with Crippen LogP contribution in [0.15, 0.2) is 27.6 Å². The number of aryl methyl sites for hydroxylation is 2. The van der Waals surface area contributed by atoms with Gasteiger partial charge in [0.15, 0.2) is 0 Å². The number of aromatic nitrogens is 5. The minimum atomic E-state index is -0.168. The maximum absolute atomic E-state index is 12.5. The molecule has 0 amide bonds. The molecule has 0 aliphatic heterocycles. The molecule has 0 spiro atoms. The van der Waals surface area contributed by atoms with Crippen LogP contribution in [-0.4, -0.2) is 30.8 Å². The number of aromatic amines is 1. The molecule has 0 unspecified atom stereocenters. The van der Waals surface area contributed by atoms with Crippen molar-refractivity contribution >= 4 is 5.91 Å². The zero-order valence-corrected chi connectivity index (χ0v) is 14.5. The molecule has 0 atom stereocenters. The van der Waals surface area contributed by atoms with Gasteiger partial charge in [0.25, 0.3) is 5.56 Å². The summed E-state index contributed by atoms with van der Waals surface area (Å²) in [7, 11) is 0. The summed E-state index contributed by atoms with van der Waals surface area (Å²) in [6.45, 7) is 1.95. The van der Waals surface area contributed by atoms with Gasteiger partial charge in [-0.3, -0.25) is 19.7 Å². The van der Waals surface area contributed by atoms with Gasteiger partial charge in [-0.2, -0.15) is 4.98 Å². The van der Waals surface area contributed by atoms with Crippen molar-refractivity contribution < 1.29 is 9.32 Å². The van der Waals surface area contributed by atoms with E-state index in [0.717, 1.165) is 42.5 Å². The minimum absolute atomic E-state index is 0.154. The van der Waals surface area contributed by atoms with Gasteiger partial charge < -0.3 is 4.52 Å². The molecule has 1 aliphatic carbocycles. The highest BCUT2D eigenvalue weighted by Crippen LogP contribution is 2.19. The largest absolute Gasteiger partial charge is 0.339 e. The summed E-state index contributed by atoms with van der Waals surface area (Å²) in [6.07, 6.45) is 5.71. The van der Waals surface area contributed by atoms with Crippen molar-refractivity contribution in [3.8, 4) is 11.5 Å². The molecule has 8 nitrogen and oxygen atoms in total. The first-order chi connectivity index (χ1) is 12.6. The van der Waals surface area contributed by atoms with E-state index in [2.05, 4.69) is 20.2 Å². The molecule has 0 aromatic carbocycles. The summed E-state index contributed by atoms with van der Waals surface area (Å²) < 4.78 is 6.62. The number of hydrogen-bond donors (Lipinski definition) is 1. The number of nitrogens with one attached hydrogen (secondary N) is 1. The number of hydrogen-bond acceptors (Lipinski definition) is 6. The summed E-state index contributed by atoms with van der Waals surface area (Å²) in [5.74, 6) is 0.608. The number of fused-ring (bicyclic) bond motifs is 1. The predicted octanol–water partition coefficient (Wildman–Crippen LogP) is 2.08. The van der Waals surface area contributed by atoms with Crippen LogP contribution in [0.1, 0.15) is 46.8 Å². The zero-order chi connectivity index (χ0) is 18.1. The third-order valence-corrected chi connectivity index (χ3v) is 4.61. The van der Waals surface area contributed by atoms with Crippen LogP contribution >= 0.6 is 0 Å². The maximum atomic E-state index is 12.5. The lowest BCUT2D eigenvalue weighted by molar-refractivity contribution is 0.0879. The standard InChI is InChI=1S/C18H19N5O3/c1-11-6-7-13(19-10-11)17-20-15(26-22-17)8-9-16(24)23-14-5-3-2-4-12(14)18(25)21-23/h6-7,10H,2-5,8-9H2,1H3,(H,21,25). The van der Waals surface area contributed by atoms with E-state index in [0.29, 0.717) is 23.8 Å². The van der Waals surface area contributed by atoms with Gasteiger partial charge in [0.2, 0.25) is 17.6 Å². The average Bonchev–Trinajstić information content (AvgIpc) is 3.26. The van der Waals surface area contributed by atoms with Crippen LogP contribution in [0.2, 0.25) is 0 Å². The lowest BCUT2D eigenvalue weighted by atomic mass is 9.98. The molecule has 0 bridgehead atoms. The van der Waals surface area contributed by atoms with E-state index in [-0.39, 0.29) is 17.9 Å². The maximum Gasteiger partial charge on any atom is 0.267 e. The molecular weight excluding hydrogens is 334 g/mol. The lowest BCUT2D eigenvalue weighted by Gasteiger charge is -2.12. The Morgan fingerprint density at radius 3 is 2.96 bits per heavy atom. The molecule has 3 aromatic heterocycles. The van der Waals surface area contributed by atoms with E-state index >= 15 is 0 Å². The Bertz CT molecular complexity index is 997. The molecule has 134 valence electrons. The van der Waals surface area contributed by atoms with Crippen molar-refractivity contribution in [1.29, 1.82) is 0 Å². The fraction of sp³-hybridized carbons (Fsp3) is 0.389. The number of H-pyrrole nitrogens is 1. The molecule has 0 saturated carbocycles. The van der Waals surface area contributed by atoms with Crippen molar-refractivity contribution in [3.63, 3.8) is 0 Å². The SMILES string of the molecule is Cc1ccc(-c2noc(CCC(=O)n3[nH]c(=O)c4c3CCCC4)n2)nc1. The zero-order valence-electron chi connectivity index (χ0n) is 14.5. The number of carbonyl (C=O) groups is 1.